The molecular weight excluding hydrogens is 276 g/mol. The molecular formula is C10H11BrN2O3. The average molecular weight is 287 g/mol. The number of nitrogens with two attached hydrogens (primary N) is 1. The zero-order valence-electron chi connectivity index (χ0n) is 8.62. The normalized spacial score (nSPS) is 9.69. The van der Waals surface area contributed by atoms with Gasteiger partial charge in [0, 0.05) is 15.7 Å². The van der Waals surface area contributed by atoms with Crippen LogP contribution in [0.5, 0.6) is 0 Å². The highest BCUT2D eigenvalue weighted by Gasteiger charge is 2.09. The van der Waals surface area contributed by atoms with Crippen molar-refractivity contribution in [2.75, 3.05) is 19.0 Å². The van der Waals surface area contributed by atoms with Crippen molar-refractivity contribution in [3.05, 3.63) is 28.2 Å². The number of halogens is 1. The van der Waals surface area contributed by atoms with E-state index in [2.05, 4.69) is 26.0 Å². The van der Waals surface area contributed by atoms with Crippen molar-refractivity contribution in [2.24, 2.45) is 5.73 Å². The van der Waals surface area contributed by atoms with Gasteiger partial charge in [-0.15, -0.1) is 0 Å². The van der Waals surface area contributed by atoms with E-state index in [0.29, 0.717) is 15.7 Å². The Morgan fingerprint density at radius 1 is 1.50 bits per heavy atom. The lowest BCUT2D eigenvalue weighted by Crippen LogP contribution is -2.15. The minimum Gasteiger partial charge on any atom is -0.453 e. The Morgan fingerprint density at radius 3 is 2.69 bits per heavy atom. The molecule has 0 fully saturated rings. The zero-order chi connectivity index (χ0) is 12.1. The SMILES string of the molecule is COC(=O)Nc1ccc(C(=O)CN)c(Br)c1. The Hall–Kier alpha value is -1.40. The summed E-state index contributed by atoms with van der Waals surface area (Å²) in [6.07, 6.45) is -0.565. The standard InChI is InChI=1S/C10H11BrN2O3/c1-16-10(15)13-6-2-3-7(8(11)4-6)9(14)5-12/h2-4H,5,12H2,1H3,(H,13,15). The van der Waals surface area contributed by atoms with Crippen molar-refractivity contribution in [3.8, 4) is 0 Å². The second-order valence-corrected chi connectivity index (χ2v) is 3.79. The van der Waals surface area contributed by atoms with Crippen molar-refractivity contribution in [1.82, 2.24) is 0 Å². The molecule has 1 amide bonds. The molecule has 0 spiro atoms. The van der Waals surface area contributed by atoms with Crippen LogP contribution in [0.1, 0.15) is 10.4 Å². The van der Waals surface area contributed by atoms with Crippen LogP contribution in [-0.4, -0.2) is 25.5 Å². The lowest BCUT2D eigenvalue weighted by Gasteiger charge is -2.06. The predicted molar refractivity (Wildman–Crippen MR) is 63.6 cm³/mol. The number of nitrogens with one attached hydrogen (secondary N) is 1. The van der Waals surface area contributed by atoms with Crippen molar-refractivity contribution in [1.29, 1.82) is 0 Å². The van der Waals surface area contributed by atoms with Gasteiger partial charge in [0.1, 0.15) is 0 Å². The molecule has 0 saturated heterocycles. The van der Waals surface area contributed by atoms with Crippen LogP contribution in [0.15, 0.2) is 22.7 Å². The largest absolute Gasteiger partial charge is 0.453 e. The molecule has 3 N–H and O–H groups in total. The topological polar surface area (TPSA) is 81.4 Å². The molecule has 0 radical (unpaired) electrons. The minimum absolute atomic E-state index is 0.0532. The summed E-state index contributed by atoms with van der Waals surface area (Å²) in [7, 11) is 1.27. The van der Waals surface area contributed by atoms with Crippen molar-refractivity contribution < 1.29 is 14.3 Å². The summed E-state index contributed by atoms with van der Waals surface area (Å²) < 4.78 is 5.02. The van der Waals surface area contributed by atoms with Crippen LogP contribution in [0.2, 0.25) is 0 Å². The van der Waals surface area contributed by atoms with Gasteiger partial charge in [0.05, 0.1) is 13.7 Å². The van der Waals surface area contributed by atoms with Crippen molar-refractivity contribution >= 4 is 33.5 Å². The van der Waals surface area contributed by atoms with Gasteiger partial charge in [0.25, 0.3) is 0 Å². The Morgan fingerprint density at radius 2 is 2.19 bits per heavy atom. The molecule has 1 aromatic carbocycles. The average Bonchev–Trinajstić information content (AvgIpc) is 2.28. The fourth-order valence-corrected chi connectivity index (χ4v) is 1.70. The number of benzene rings is 1. The Labute approximate surface area is 101 Å². The molecule has 0 saturated carbocycles. The van der Waals surface area contributed by atoms with Gasteiger partial charge in [-0.3, -0.25) is 10.1 Å². The lowest BCUT2D eigenvalue weighted by atomic mass is 10.1. The number of ketones is 1. The van der Waals surface area contributed by atoms with Crippen LogP contribution in [-0.2, 0) is 4.74 Å². The predicted octanol–water partition coefficient (Wildman–Crippen LogP) is 1.77. The molecule has 0 aliphatic rings. The summed E-state index contributed by atoms with van der Waals surface area (Å²) in [5, 5.41) is 2.48. The van der Waals surface area contributed by atoms with Gasteiger partial charge in [0.15, 0.2) is 5.78 Å². The third-order valence-corrected chi connectivity index (χ3v) is 2.54. The van der Waals surface area contributed by atoms with Gasteiger partial charge in [-0.2, -0.15) is 0 Å². The van der Waals surface area contributed by atoms with Crippen molar-refractivity contribution in [2.45, 2.75) is 0 Å². The van der Waals surface area contributed by atoms with E-state index in [4.69, 9.17) is 5.73 Å². The lowest BCUT2D eigenvalue weighted by molar-refractivity contribution is 0.100. The second kappa shape index (κ2) is 5.62. The minimum atomic E-state index is -0.565. The third kappa shape index (κ3) is 3.04. The number of hydrogen-bond donors (Lipinski definition) is 2. The Kier molecular flexibility index (Phi) is 4.45. The molecule has 0 unspecified atom stereocenters. The number of carbonyl (C=O) groups is 2. The van der Waals surface area contributed by atoms with Crippen molar-refractivity contribution in [3.63, 3.8) is 0 Å². The fraction of sp³-hybridized carbons (Fsp3) is 0.200. The molecule has 0 aliphatic heterocycles. The van der Waals surface area contributed by atoms with Crippen LogP contribution in [0, 0.1) is 0 Å². The summed E-state index contributed by atoms with van der Waals surface area (Å²) in [5.41, 5.74) is 6.27. The molecule has 6 heteroatoms. The molecule has 16 heavy (non-hydrogen) atoms. The maximum Gasteiger partial charge on any atom is 0.411 e. The summed E-state index contributed by atoms with van der Waals surface area (Å²) in [4.78, 5) is 22.3. The first-order valence-electron chi connectivity index (χ1n) is 4.46. The van der Waals surface area contributed by atoms with E-state index in [1.165, 1.54) is 7.11 Å². The molecule has 1 aromatic rings. The number of hydrogen-bond acceptors (Lipinski definition) is 4. The van der Waals surface area contributed by atoms with Gasteiger partial charge in [0.2, 0.25) is 0 Å². The maximum absolute atomic E-state index is 11.4. The Balaban J connectivity index is 2.91. The molecule has 0 heterocycles. The first kappa shape index (κ1) is 12.7. The smallest absolute Gasteiger partial charge is 0.411 e. The van der Waals surface area contributed by atoms with Gasteiger partial charge in [-0.25, -0.2) is 4.79 Å². The van der Waals surface area contributed by atoms with E-state index in [1.807, 2.05) is 0 Å². The molecule has 5 nitrogen and oxygen atoms in total. The number of ether oxygens (including phenoxy) is 1. The fourth-order valence-electron chi connectivity index (χ4n) is 1.10. The van der Waals surface area contributed by atoms with E-state index >= 15 is 0 Å². The number of amides is 1. The van der Waals surface area contributed by atoms with Crippen LogP contribution in [0.4, 0.5) is 10.5 Å². The molecule has 0 aromatic heterocycles. The monoisotopic (exact) mass is 286 g/mol. The first-order chi connectivity index (χ1) is 7.58. The third-order valence-electron chi connectivity index (χ3n) is 1.89. The van der Waals surface area contributed by atoms with E-state index < -0.39 is 6.09 Å². The van der Waals surface area contributed by atoms with Crippen LogP contribution < -0.4 is 11.1 Å². The molecule has 0 bridgehead atoms. The molecule has 1 rings (SSSR count). The number of methoxy groups -OCH3 is 1. The number of anilines is 1. The zero-order valence-corrected chi connectivity index (χ0v) is 10.2. The summed E-state index contributed by atoms with van der Waals surface area (Å²) in [5.74, 6) is -0.170. The molecule has 86 valence electrons. The number of rotatable bonds is 3. The van der Waals surface area contributed by atoms with E-state index in [0.717, 1.165) is 0 Å². The van der Waals surface area contributed by atoms with Gasteiger partial charge < -0.3 is 10.5 Å². The van der Waals surface area contributed by atoms with E-state index in [9.17, 15) is 9.59 Å². The second-order valence-electron chi connectivity index (χ2n) is 2.94. The van der Waals surface area contributed by atoms with Crippen LogP contribution in [0.3, 0.4) is 0 Å². The number of Topliss-reactive ketones (excluding diaryl/α,β-unsaturated/α-hetero) is 1. The van der Waals surface area contributed by atoms with Crippen LogP contribution >= 0.6 is 15.9 Å². The maximum atomic E-state index is 11.4. The van der Waals surface area contributed by atoms with Gasteiger partial charge >= 0.3 is 6.09 Å². The highest BCUT2D eigenvalue weighted by atomic mass is 79.9. The Bertz CT molecular complexity index is 421. The van der Waals surface area contributed by atoms with E-state index in [1.54, 1.807) is 18.2 Å². The number of carbonyl (C=O) groups excluding carboxylic acids is 2. The summed E-state index contributed by atoms with van der Waals surface area (Å²) in [6, 6.07) is 4.80. The van der Waals surface area contributed by atoms with Crippen LogP contribution in [0.25, 0.3) is 0 Å². The van der Waals surface area contributed by atoms with E-state index in [-0.39, 0.29) is 12.3 Å². The summed E-state index contributed by atoms with van der Waals surface area (Å²) in [6.45, 7) is -0.0532. The summed E-state index contributed by atoms with van der Waals surface area (Å²) >= 11 is 3.23. The van der Waals surface area contributed by atoms with Gasteiger partial charge in [-0.1, -0.05) is 0 Å². The quantitative estimate of drug-likeness (QED) is 0.830. The highest BCUT2D eigenvalue weighted by molar-refractivity contribution is 9.10. The molecule has 0 aliphatic carbocycles. The first-order valence-corrected chi connectivity index (χ1v) is 5.25. The van der Waals surface area contributed by atoms with Gasteiger partial charge in [-0.05, 0) is 34.1 Å². The highest BCUT2D eigenvalue weighted by Crippen LogP contribution is 2.21. The molecule has 0 atom stereocenters.